The lowest BCUT2D eigenvalue weighted by molar-refractivity contribution is -0.122. The maximum Gasteiger partial charge on any atom is 0.267 e. The molecule has 2 aliphatic rings. The van der Waals surface area contributed by atoms with Gasteiger partial charge >= 0.3 is 0 Å². The molecular weight excluding hydrogens is 388 g/mol. The molecule has 0 bridgehead atoms. The fourth-order valence-corrected chi connectivity index (χ4v) is 4.70. The van der Waals surface area contributed by atoms with Gasteiger partial charge in [-0.25, -0.2) is 0 Å². The second kappa shape index (κ2) is 7.37. The van der Waals surface area contributed by atoms with E-state index in [4.69, 9.17) is 12.2 Å². The highest BCUT2D eigenvalue weighted by atomic mass is 32.2. The first kappa shape index (κ1) is 18.7. The summed E-state index contributed by atoms with van der Waals surface area (Å²) in [5.41, 5.74) is 4.16. The van der Waals surface area contributed by atoms with Crippen molar-refractivity contribution in [1.29, 1.82) is 0 Å². The van der Waals surface area contributed by atoms with Gasteiger partial charge in [-0.05, 0) is 18.6 Å². The van der Waals surface area contributed by atoms with E-state index in [-0.39, 0.29) is 11.8 Å². The smallest absolute Gasteiger partial charge is 0.267 e. The van der Waals surface area contributed by atoms with E-state index in [1.807, 2.05) is 55.5 Å². The van der Waals surface area contributed by atoms with Crippen LogP contribution >= 0.6 is 24.0 Å². The van der Waals surface area contributed by atoms with Gasteiger partial charge in [-0.15, -0.1) is 6.58 Å². The third-order valence-electron chi connectivity index (χ3n) is 4.77. The molecule has 0 unspecified atom stereocenters. The van der Waals surface area contributed by atoms with Crippen molar-refractivity contribution in [3.05, 3.63) is 82.8 Å². The summed E-state index contributed by atoms with van der Waals surface area (Å²) in [7, 11) is 0. The average molecular weight is 407 g/mol. The van der Waals surface area contributed by atoms with Crippen LogP contribution in [0.3, 0.4) is 0 Å². The third-order valence-corrected chi connectivity index (χ3v) is 6.22. The molecule has 2 aromatic rings. The summed E-state index contributed by atoms with van der Waals surface area (Å²) in [5, 5.41) is 0. The minimum absolute atomic E-state index is 0.183. The minimum atomic E-state index is -0.214. The van der Waals surface area contributed by atoms with Gasteiger partial charge in [0.25, 0.3) is 11.8 Å². The van der Waals surface area contributed by atoms with Crippen molar-refractivity contribution >= 4 is 51.4 Å². The number of aryl methyl sites for hydroxylation is 1. The Kier molecular flexibility index (Phi) is 4.91. The number of anilines is 1. The fraction of sp³-hybridized carbons (Fsp3) is 0.136. The van der Waals surface area contributed by atoms with Crippen LogP contribution in [0.15, 0.2) is 66.1 Å². The number of amides is 2. The predicted octanol–water partition coefficient (Wildman–Crippen LogP) is 4.30. The zero-order valence-corrected chi connectivity index (χ0v) is 17.0. The SMILES string of the molecule is C=CCN1C(=O)C(=C2SC(=S)N(Cc3ccc(C)cc3)C2=O)c2ccccc21. The van der Waals surface area contributed by atoms with E-state index in [2.05, 4.69) is 6.58 Å². The van der Waals surface area contributed by atoms with Crippen LogP contribution in [-0.4, -0.2) is 27.6 Å². The lowest BCUT2D eigenvalue weighted by Gasteiger charge is -2.15. The molecule has 1 fully saturated rings. The molecule has 0 N–H and O–H groups in total. The van der Waals surface area contributed by atoms with Gasteiger partial charge in [-0.2, -0.15) is 0 Å². The van der Waals surface area contributed by atoms with Gasteiger partial charge < -0.3 is 4.90 Å². The molecule has 0 spiro atoms. The van der Waals surface area contributed by atoms with Crippen LogP contribution in [0, 0.1) is 6.92 Å². The Morgan fingerprint density at radius 1 is 1.04 bits per heavy atom. The Morgan fingerprint density at radius 2 is 1.75 bits per heavy atom. The number of carbonyl (C=O) groups excluding carboxylic acids is 2. The highest BCUT2D eigenvalue weighted by Crippen LogP contribution is 2.44. The van der Waals surface area contributed by atoms with E-state index in [1.54, 1.807) is 15.9 Å². The summed E-state index contributed by atoms with van der Waals surface area (Å²) >= 11 is 6.67. The van der Waals surface area contributed by atoms with Crippen molar-refractivity contribution in [3.8, 4) is 0 Å². The number of nitrogens with zero attached hydrogens (tertiary/aromatic N) is 2. The molecule has 6 heteroatoms. The minimum Gasteiger partial charge on any atom is -0.304 e. The van der Waals surface area contributed by atoms with Crippen molar-refractivity contribution in [1.82, 2.24) is 4.90 Å². The van der Waals surface area contributed by atoms with Crippen molar-refractivity contribution in [2.75, 3.05) is 11.4 Å². The molecule has 2 aliphatic heterocycles. The van der Waals surface area contributed by atoms with Gasteiger partial charge in [-0.3, -0.25) is 14.5 Å². The van der Waals surface area contributed by atoms with Gasteiger partial charge in [0.15, 0.2) is 0 Å². The van der Waals surface area contributed by atoms with Crippen LogP contribution in [0.5, 0.6) is 0 Å². The van der Waals surface area contributed by atoms with E-state index in [0.717, 1.165) is 22.4 Å². The summed E-state index contributed by atoms with van der Waals surface area (Å²) in [6.45, 7) is 6.54. The van der Waals surface area contributed by atoms with Crippen LogP contribution in [0.1, 0.15) is 16.7 Å². The zero-order chi connectivity index (χ0) is 19.8. The van der Waals surface area contributed by atoms with Crippen LogP contribution in [0.4, 0.5) is 5.69 Å². The summed E-state index contributed by atoms with van der Waals surface area (Å²) in [6, 6.07) is 15.5. The third kappa shape index (κ3) is 3.08. The Bertz CT molecular complexity index is 1040. The van der Waals surface area contributed by atoms with Gasteiger partial charge in [0.1, 0.15) is 4.32 Å². The molecule has 0 saturated carbocycles. The first-order chi connectivity index (χ1) is 13.5. The first-order valence-corrected chi connectivity index (χ1v) is 10.1. The predicted molar refractivity (Wildman–Crippen MR) is 118 cm³/mol. The molecule has 4 nitrogen and oxygen atoms in total. The lowest BCUT2D eigenvalue weighted by atomic mass is 10.1. The molecule has 0 aliphatic carbocycles. The van der Waals surface area contributed by atoms with Crippen LogP contribution in [-0.2, 0) is 16.1 Å². The number of benzene rings is 2. The van der Waals surface area contributed by atoms with E-state index in [1.165, 1.54) is 11.8 Å². The van der Waals surface area contributed by atoms with Crippen molar-refractivity contribution < 1.29 is 9.59 Å². The number of fused-ring (bicyclic) bond motifs is 1. The molecule has 4 rings (SSSR count). The molecule has 2 heterocycles. The molecule has 28 heavy (non-hydrogen) atoms. The number of thiocarbonyl (C=S) groups is 1. The standard InChI is InChI=1S/C22H18N2O2S2/c1-3-12-23-17-7-5-4-6-16(17)18(20(23)25)19-21(26)24(22(27)28-19)13-15-10-8-14(2)9-11-15/h3-11H,1,12-13H2,2H3. The Hall–Kier alpha value is -2.70. The number of para-hydroxylation sites is 1. The van der Waals surface area contributed by atoms with Crippen molar-refractivity contribution in [2.24, 2.45) is 0 Å². The highest BCUT2D eigenvalue weighted by Gasteiger charge is 2.41. The Morgan fingerprint density at radius 3 is 2.46 bits per heavy atom. The number of carbonyl (C=O) groups is 2. The van der Waals surface area contributed by atoms with E-state index in [0.29, 0.717) is 27.9 Å². The van der Waals surface area contributed by atoms with Gasteiger partial charge in [0, 0.05) is 12.1 Å². The quantitative estimate of drug-likeness (QED) is 0.431. The maximum absolute atomic E-state index is 13.2. The molecule has 1 saturated heterocycles. The molecule has 0 atom stereocenters. The molecule has 2 aromatic carbocycles. The number of hydrogen-bond acceptors (Lipinski definition) is 4. The molecule has 0 aromatic heterocycles. The number of thioether (sulfide) groups is 1. The van der Waals surface area contributed by atoms with Crippen LogP contribution in [0.25, 0.3) is 5.57 Å². The van der Waals surface area contributed by atoms with Crippen LogP contribution < -0.4 is 4.90 Å². The largest absolute Gasteiger partial charge is 0.304 e. The van der Waals surface area contributed by atoms with Crippen molar-refractivity contribution in [3.63, 3.8) is 0 Å². The Balaban J connectivity index is 1.72. The molecule has 0 radical (unpaired) electrons. The van der Waals surface area contributed by atoms with E-state index >= 15 is 0 Å². The highest BCUT2D eigenvalue weighted by molar-refractivity contribution is 8.26. The monoisotopic (exact) mass is 406 g/mol. The van der Waals surface area contributed by atoms with Gasteiger partial charge in [-0.1, -0.05) is 78.1 Å². The average Bonchev–Trinajstić information content (AvgIpc) is 3.12. The molecule has 2 amide bonds. The van der Waals surface area contributed by atoms with Gasteiger partial charge in [0.05, 0.1) is 22.7 Å². The summed E-state index contributed by atoms with van der Waals surface area (Å²) in [5.74, 6) is -0.397. The molecular formula is C22H18N2O2S2. The van der Waals surface area contributed by atoms with Gasteiger partial charge in [0.2, 0.25) is 0 Å². The topological polar surface area (TPSA) is 40.6 Å². The fourth-order valence-electron chi connectivity index (χ4n) is 3.37. The maximum atomic E-state index is 13.2. The second-order valence-corrected chi connectivity index (χ2v) is 8.31. The zero-order valence-electron chi connectivity index (χ0n) is 15.3. The second-order valence-electron chi connectivity index (χ2n) is 6.67. The molecule has 140 valence electrons. The van der Waals surface area contributed by atoms with Crippen LogP contribution in [0.2, 0.25) is 0 Å². The normalized spacial score (nSPS) is 18.8. The number of rotatable bonds is 4. The summed E-state index contributed by atoms with van der Waals surface area (Å²) in [6.07, 6.45) is 1.68. The summed E-state index contributed by atoms with van der Waals surface area (Å²) in [4.78, 5) is 29.9. The van der Waals surface area contributed by atoms with E-state index in [9.17, 15) is 9.59 Å². The lowest BCUT2D eigenvalue weighted by Crippen LogP contribution is -2.29. The van der Waals surface area contributed by atoms with Crippen molar-refractivity contribution in [2.45, 2.75) is 13.5 Å². The Labute approximate surface area is 173 Å². The summed E-state index contributed by atoms with van der Waals surface area (Å²) < 4.78 is 0.473. The number of hydrogen-bond donors (Lipinski definition) is 0. The van der Waals surface area contributed by atoms with E-state index < -0.39 is 0 Å². The first-order valence-electron chi connectivity index (χ1n) is 8.87.